The van der Waals surface area contributed by atoms with E-state index in [4.69, 9.17) is 9.47 Å². The summed E-state index contributed by atoms with van der Waals surface area (Å²) in [4.78, 5) is 19.3. The zero-order chi connectivity index (χ0) is 24.1. The molecular formula is C24H27N7O3. The molecule has 0 spiro atoms. The first-order valence-corrected chi connectivity index (χ1v) is 10.7. The van der Waals surface area contributed by atoms with Gasteiger partial charge < -0.3 is 29.4 Å². The Kier molecular flexibility index (Phi) is 6.88. The van der Waals surface area contributed by atoms with Gasteiger partial charge in [0.2, 0.25) is 11.9 Å². The quantitative estimate of drug-likeness (QED) is 0.388. The molecule has 2 aromatic heterocycles. The summed E-state index contributed by atoms with van der Waals surface area (Å²) in [5.41, 5.74) is 3.43. The number of likely N-dealkylation sites (N-methyl/N-ethyl adjacent to an activating group) is 1. The number of hydrogen-bond acceptors (Lipinski definition) is 9. The number of aliphatic hydroxyl groups excluding tert-OH is 1. The molecule has 0 saturated heterocycles. The predicted octanol–water partition coefficient (Wildman–Crippen LogP) is 3.30. The van der Waals surface area contributed by atoms with Gasteiger partial charge in [-0.1, -0.05) is 30.3 Å². The number of methoxy groups -OCH3 is 2. The lowest BCUT2D eigenvalue weighted by Gasteiger charge is -2.27. The molecule has 2 aromatic carbocycles. The largest absolute Gasteiger partial charge is 0.494 e. The fourth-order valence-electron chi connectivity index (χ4n) is 3.57. The molecular weight excluding hydrogens is 434 g/mol. The summed E-state index contributed by atoms with van der Waals surface area (Å²) < 4.78 is 12.8. The molecule has 2 heterocycles. The topological polar surface area (TPSA) is 110 Å². The molecule has 0 aliphatic rings. The second kappa shape index (κ2) is 10.2. The molecule has 1 atom stereocenters. The number of imidazole rings is 1. The first kappa shape index (κ1) is 23.0. The van der Waals surface area contributed by atoms with Gasteiger partial charge in [0, 0.05) is 25.0 Å². The van der Waals surface area contributed by atoms with Crippen LogP contribution in [-0.2, 0) is 0 Å². The molecule has 0 radical (unpaired) electrons. The van der Waals surface area contributed by atoms with E-state index in [9.17, 15) is 5.11 Å². The number of hydrogen-bond donors (Lipinski definition) is 2. The Balaban J connectivity index is 1.63. The average Bonchev–Trinajstić information content (AvgIpc) is 3.30. The molecule has 2 N–H and O–H groups in total. The van der Waals surface area contributed by atoms with Crippen LogP contribution in [0.4, 0.5) is 17.6 Å². The van der Waals surface area contributed by atoms with Gasteiger partial charge in [-0.3, -0.25) is 0 Å². The Morgan fingerprint density at radius 3 is 2.50 bits per heavy atom. The van der Waals surface area contributed by atoms with Crippen molar-refractivity contribution < 1.29 is 14.6 Å². The summed E-state index contributed by atoms with van der Waals surface area (Å²) in [5.74, 6) is 1.31. The third-order valence-corrected chi connectivity index (χ3v) is 5.35. The van der Waals surface area contributed by atoms with Crippen molar-refractivity contribution in [3.63, 3.8) is 0 Å². The minimum absolute atomic E-state index is 0.107. The highest BCUT2D eigenvalue weighted by Crippen LogP contribution is 2.29. The maximum Gasteiger partial charge on any atom is 0.322 e. The van der Waals surface area contributed by atoms with Gasteiger partial charge >= 0.3 is 6.01 Å². The number of nitrogens with zero attached hydrogens (tertiary/aromatic N) is 6. The number of anilines is 3. The Bertz CT molecular complexity index is 1250. The Labute approximate surface area is 197 Å². The number of aromatic nitrogens is 5. The van der Waals surface area contributed by atoms with Gasteiger partial charge in [-0.25, -0.2) is 4.98 Å². The number of aryl methyl sites for hydroxylation is 1. The van der Waals surface area contributed by atoms with Crippen molar-refractivity contribution >= 4 is 17.6 Å². The van der Waals surface area contributed by atoms with E-state index >= 15 is 0 Å². The summed E-state index contributed by atoms with van der Waals surface area (Å²) in [6.45, 7) is 1.82. The zero-order valence-electron chi connectivity index (χ0n) is 19.5. The van der Waals surface area contributed by atoms with Gasteiger partial charge in [0.05, 0.1) is 44.6 Å². The van der Waals surface area contributed by atoms with Crippen molar-refractivity contribution in [2.75, 3.05) is 38.1 Å². The predicted molar refractivity (Wildman–Crippen MR) is 129 cm³/mol. The SMILES string of the molecule is COc1nc(Nc2ccc(-n3cnc(C)c3)c(OC)c2)nc(N(C)C(CO)c2ccccc2)n1. The van der Waals surface area contributed by atoms with Crippen LogP contribution in [0, 0.1) is 6.92 Å². The smallest absolute Gasteiger partial charge is 0.322 e. The van der Waals surface area contributed by atoms with Crippen LogP contribution in [0.3, 0.4) is 0 Å². The first-order chi connectivity index (χ1) is 16.5. The summed E-state index contributed by atoms with van der Waals surface area (Å²) in [6.07, 6.45) is 3.66. The molecule has 4 aromatic rings. The number of aliphatic hydroxyl groups is 1. The number of nitrogens with one attached hydrogen (secondary N) is 1. The van der Waals surface area contributed by atoms with Gasteiger partial charge in [-0.15, -0.1) is 0 Å². The van der Waals surface area contributed by atoms with Crippen LogP contribution in [0.1, 0.15) is 17.3 Å². The highest BCUT2D eigenvalue weighted by atomic mass is 16.5. The van der Waals surface area contributed by atoms with Crippen molar-refractivity contribution in [3.8, 4) is 17.4 Å². The van der Waals surface area contributed by atoms with Crippen molar-refractivity contribution in [1.82, 2.24) is 24.5 Å². The Hall–Kier alpha value is -4.18. The highest BCUT2D eigenvalue weighted by Gasteiger charge is 2.21. The van der Waals surface area contributed by atoms with Crippen LogP contribution in [0.2, 0.25) is 0 Å². The molecule has 0 amide bonds. The lowest BCUT2D eigenvalue weighted by Crippen LogP contribution is -2.29. The summed E-state index contributed by atoms with van der Waals surface area (Å²) in [5, 5.41) is 13.2. The van der Waals surface area contributed by atoms with Gasteiger partial charge in [0.25, 0.3) is 0 Å². The third-order valence-electron chi connectivity index (χ3n) is 5.35. The second-order valence-electron chi connectivity index (χ2n) is 7.60. The standard InChI is InChI=1S/C24H27N7O3/c1-16-13-31(15-25-16)19-11-10-18(12-21(19)33-3)26-22-27-23(29-24(28-22)34-4)30(2)20(14-32)17-8-6-5-7-9-17/h5-13,15,20,32H,14H2,1-4H3,(H,26,27,28,29). The number of ether oxygens (including phenoxy) is 2. The van der Waals surface area contributed by atoms with Crippen molar-refractivity contribution in [1.29, 1.82) is 0 Å². The molecule has 10 nitrogen and oxygen atoms in total. The van der Waals surface area contributed by atoms with E-state index in [-0.39, 0.29) is 18.7 Å². The van der Waals surface area contributed by atoms with Gasteiger partial charge in [-0.2, -0.15) is 15.0 Å². The molecule has 176 valence electrons. The van der Waals surface area contributed by atoms with Crippen LogP contribution >= 0.6 is 0 Å². The van der Waals surface area contributed by atoms with Crippen molar-refractivity contribution in [3.05, 3.63) is 72.3 Å². The van der Waals surface area contributed by atoms with E-state index in [0.29, 0.717) is 17.6 Å². The molecule has 0 aliphatic heterocycles. The maximum absolute atomic E-state index is 10.0. The minimum Gasteiger partial charge on any atom is -0.494 e. The minimum atomic E-state index is -0.334. The fraction of sp³-hybridized carbons (Fsp3) is 0.250. The monoisotopic (exact) mass is 461 g/mol. The van der Waals surface area contributed by atoms with Crippen molar-refractivity contribution in [2.45, 2.75) is 13.0 Å². The van der Waals surface area contributed by atoms with Crippen molar-refractivity contribution in [2.24, 2.45) is 0 Å². The van der Waals surface area contributed by atoms with E-state index < -0.39 is 0 Å². The number of rotatable bonds is 9. The lowest BCUT2D eigenvalue weighted by molar-refractivity contribution is 0.263. The second-order valence-corrected chi connectivity index (χ2v) is 7.60. The molecule has 1 unspecified atom stereocenters. The normalized spacial score (nSPS) is 11.7. The van der Waals surface area contributed by atoms with Gasteiger partial charge in [0.15, 0.2) is 0 Å². The van der Waals surface area contributed by atoms with E-state index in [1.54, 1.807) is 18.3 Å². The van der Waals surface area contributed by atoms with E-state index in [2.05, 4.69) is 25.3 Å². The third kappa shape index (κ3) is 4.91. The van der Waals surface area contributed by atoms with Crippen LogP contribution < -0.4 is 19.7 Å². The van der Waals surface area contributed by atoms with Crippen LogP contribution in [0.5, 0.6) is 11.8 Å². The van der Waals surface area contributed by atoms with Crippen LogP contribution in [-0.4, -0.2) is 57.5 Å². The summed E-state index contributed by atoms with van der Waals surface area (Å²) in [6, 6.07) is 15.2. The Morgan fingerprint density at radius 2 is 1.85 bits per heavy atom. The lowest BCUT2D eigenvalue weighted by atomic mass is 10.1. The average molecular weight is 462 g/mol. The van der Waals surface area contributed by atoms with E-state index in [1.807, 2.05) is 73.3 Å². The molecule has 0 fully saturated rings. The highest BCUT2D eigenvalue weighted by molar-refractivity contribution is 5.62. The fourth-order valence-corrected chi connectivity index (χ4v) is 3.57. The molecule has 0 bridgehead atoms. The first-order valence-electron chi connectivity index (χ1n) is 10.7. The molecule has 0 aliphatic carbocycles. The summed E-state index contributed by atoms with van der Waals surface area (Å²) >= 11 is 0. The maximum atomic E-state index is 10.0. The zero-order valence-corrected chi connectivity index (χ0v) is 19.5. The van der Waals surface area contributed by atoms with Gasteiger partial charge in [0.1, 0.15) is 5.75 Å². The molecule has 34 heavy (non-hydrogen) atoms. The van der Waals surface area contributed by atoms with Gasteiger partial charge in [-0.05, 0) is 24.6 Å². The van der Waals surface area contributed by atoms with Crippen LogP contribution in [0.15, 0.2) is 61.1 Å². The van der Waals surface area contributed by atoms with E-state index in [0.717, 1.165) is 22.6 Å². The Morgan fingerprint density at radius 1 is 1.06 bits per heavy atom. The van der Waals surface area contributed by atoms with Crippen LogP contribution in [0.25, 0.3) is 5.69 Å². The summed E-state index contributed by atoms with van der Waals surface area (Å²) in [7, 11) is 4.93. The number of benzene rings is 2. The van der Waals surface area contributed by atoms with E-state index in [1.165, 1.54) is 7.11 Å². The molecule has 0 saturated carbocycles. The molecule has 10 heteroatoms. The molecule has 4 rings (SSSR count).